The number of furan rings is 1. The van der Waals surface area contributed by atoms with Crippen molar-refractivity contribution in [3.8, 4) is 5.75 Å². The van der Waals surface area contributed by atoms with E-state index < -0.39 is 0 Å². The van der Waals surface area contributed by atoms with Crippen LogP contribution in [0, 0.1) is 0 Å². The van der Waals surface area contributed by atoms with Crippen molar-refractivity contribution in [3.05, 3.63) is 18.2 Å². The molecule has 23 heavy (non-hydrogen) atoms. The molecule has 1 aromatic carbocycles. The van der Waals surface area contributed by atoms with Crippen LogP contribution in [0.1, 0.15) is 12.8 Å². The molecule has 0 spiro atoms. The summed E-state index contributed by atoms with van der Waals surface area (Å²) in [7, 11) is 1.63. The van der Waals surface area contributed by atoms with E-state index in [-0.39, 0.29) is 12.0 Å². The Morgan fingerprint density at radius 1 is 1.35 bits per heavy atom. The maximum Gasteiger partial charge on any atom is 0.222 e. The molecule has 0 bridgehead atoms. The van der Waals surface area contributed by atoms with Gasteiger partial charge in [0.05, 0.1) is 12.5 Å². The van der Waals surface area contributed by atoms with Gasteiger partial charge in [-0.3, -0.25) is 0 Å². The third kappa shape index (κ3) is 2.24. The first-order valence-corrected chi connectivity index (χ1v) is 7.70. The van der Waals surface area contributed by atoms with E-state index in [1.165, 1.54) is 0 Å². The normalized spacial score (nSPS) is 18.7. The number of fused-ring (bicyclic) bond motifs is 3. The Balaban J connectivity index is 1.98. The van der Waals surface area contributed by atoms with E-state index >= 15 is 0 Å². The second kappa shape index (κ2) is 5.27. The smallest absolute Gasteiger partial charge is 0.222 e. The number of piperidine rings is 1. The van der Waals surface area contributed by atoms with Crippen LogP contribution in [0.4, 0.5) is 11.8 Å². The molecule has 0 radical (unpaired) electrons. The number of nitrogens with two attached hydrogens (primary N) is 2. The molecule has 0 amide bonds. The van der Waals surface area contributed by atoms with E-state index in [0.717, 1.165) is 31.3 Å². The van der Waals surface area contributed by atoms with E-state index in [0.29, 0.717) is 28.3 Å². The molecule has 3 heterocycles. The minimum atomic E-state index is 0.133. The molecular formula is C16H19N5O2. The van der Waals surface area contributed by atoms with Crippen LogP contribution in [0.3, 0.4) is 0 Å². The van der Waals surface area contributed by atoms with Crippen molar-refractivity contribution in [3.63, 3.8) is 0 Å². The van der Waals surface area contributed by atoms with Gasteiger partial charge in [0.15, 0.2) is 11.4 Å². The summed E-state index contributed by atoms with van der Waals surface area (Å²) in [5.74, 6) is 1.64. The zero-order chi connectivity index (χ0) is 16.0. The Bertz CT molecular complexity index is 876. The molecule has 1 aliphatic heterocycles. The highest BCUT2D eigenvalue weighted by Gasteiger charge is 2.24. The highest BCUT2D eigenvalue weighted by molar-refractivity contribution is 6.09. The topological polar surface area (TPSA) is 103 Å². The molecule has 1 atom stereocenters. The third-order valence-corrected chi connectivity index (χ3v) is 4.28. The second-order valence-corrected chi connectivity index (χ2v) is 5.87. The molecule has 4 rings (SSSR count). The average molecular weight is 313 g/mol. The van der Waals surface area contributed by atoms with Crippen LogP contribution < -0.4 is 21.1 Å². The van der Waals surface area contributed by atoms with Crippen LogP contribution in [-0.4, -0.2) is 36.2 Å². The first kappa shape index (κ1) is 14.1. The molecule has 7 heteroatoms. The van der Waals surface area contributed by atoms with Crippen LogP contribution >= 0.6 is 0 Å². The van der Waals surface area contributed by atoms with Gasteiger partial charge in [0.1, 0.15) is 16.8 Å². The van der Waals surface area contributed by atoms with Gasteiger partial charge in [-0.15, -0.1) is 0 Å². The number of nitrogens with zero attached hydrogens (tertiary/aromatic N) is 3. The summed E-state index contributed by atoms with van der Waals surface area (Å²) < 4.78 is 11.5. The molecule has 1 aliphatic rings. The van der Waals surface area contributed by atoms with Crippen molar-refractivity contribution in [2.45, 2.75) is 18.9 Å². The second-order valence-electron chi connectivity index (χ2n) is 5.87. The lowest BCUT2D eigenvalue weighted by molar-refractivity contribution is 0.420. The number of hydrogen-bond acceptors (Lipinski definition) is 7. The van der Waals surface area contributed by atoms with Crippen molar-refractivity contribution in [1.29, 1.82) is 0 Å². The molecule has 0 saturated carbocycles. The highest BCUT2D eigenvalue weighted by Crippen LogP contribution is 2.38. The molecule has 1 saturated heterocycles. The molecule has 1 unspecified atom stereocenters. The fraction of sp³-hybridized carbons (Fsp3) is 0.375. The quantitative estimate of drug-likeness (QED) is 0.744. The van der Waals surface area contributed by atoms with Crippen molar-refractivity contribution >= 4 is 33.8 Å². The van der Waals surface area contributed by atoms with Gasteiger partial charge >= 0.3 is 0 Å². The molecule has 0 aliphatic carbocycles. The summed E-state index contributed by atoms with van der Waals surface area (Å²) in [6, 6.07) is 5.79. The molecule has 7 nitrogen and oxygen atoms in total. The van der Waals surface area contributed by atoms with Crippen molar-refractivity contribution in [2.75, 3.05) is 30.8 Å². The summed E-state index contributed by atoms with van der Waals surface area (Å²) in [5, 5.41) is 0.821. The van der Waals surface area contributed by atoms with Crippen LogP contribution in [0.2, 0.25) is 0 Å². The predicted octanol–water partition coefficient (Wildman–Crippen LogP) is 1.89. The molecule has 1 fully saturated rings. The number of nitrogen functional groups attached to an aromatic ring is 1. The Kier molecular flexibility index (Phi) is 3.23. The van der Waals surface area contributed by atoms with E-state index in [9.17, 15) is 0 Å². The average Bonchev–Trinajstić information content (AvgIpc) is 2.92. The molecule has 4 N–H and O–H groups in total. The van der Waals surface area contributed by atoms with Gasteiger partial charge < -0.3 is 25.5 Å². The van der Waals surface area contributed by atoms with Crippen molar-refractivity contribution < 1.29 is 9.15 Å². The SMILES string of the molecule is COc1cccc2oc3c(N4CCCC(N)C4)nc(N)nc3c12. The van der Waals surface area contributed by atoms with Gasteiger partial charge in [-0.25, -0.2) is 4.98 Å². The van der Waals surface area contributed by atoms with E-state index in [1.807, 2.05) is 18.2 Å². The van der Waals surface area contributed by atoms with Gasteiger partial charge in [0, 0.05) is 19.1 Å². The lowest BCUT2D eigenvalue weighted by atomic mass is 10.1. The minimum absolute atomic E-state index is 0.133. The zero-order valence-corrected chi connectivity index (χ0v) is 13.0. The largest absolute Gasteiger partial charge is 0.496 e. The summed E-state index contributed by atoms with van der Waals surface area (Å²) in [6.07, 6.45) is 2.05. The Hall–Kier alpha value is -2.54. The lowest BCUT2D eigenvalue weighted by Gasteiger charge is -2.31. The van der Waals surface area contributed by atoms with Gasteiger partial charge in [-0.05, 0) is 25.0 Å². The molecular weight excluding hydrogens is 294 g/mol. The van der Waals surface area contributed by atoms with E-state index in [1.54, 1.807) is 7.11 Å². The molecule has 120 valence electrons. The standard InChI is InChI=1S/C16H19N5O2/c1-22-10-5-2-6-11-12(10)13-14(23-11)15(20-16(18)19-13)21-7-3-4-9(17)8-21/h2,5-6,9H,3-4,7-8,17H2,1H3,(H2,18,19,20). The monoisotopic (exact) mass is 313 g/mol. The fourth-order valence-electron chi connectivity index (χ4n) is 3.25. The number of ether oxygens (including phenoxy) is 1. The Morgan fingerprint density at radius 3 is 3.00 bits per heavy atom. The number of anilines is 2. The Morgan fingerprint density at radius 2 is 2.22 bits per heavy atom. The predicted molar refractivity (Wildman–Crippen MR) is 89.7 cm³/mol. The minimum Gasteiger partial charge on any atom is -0.496 e. The number of hydrogen-bond donors (Lipinski definition) is 2. The summed E-state index contributed by atoms with van der Waals surface area (Å²) in [5.41, 5.74) is 14.1. The maximum atomic E-state index is 6.10. The highest BCUT2D eigenvalue weighted by atomic mass is 16.5. The third-order valence-electron chi connectivity index (χ3n) is 4.28. The first-order chi connectivity index (χ1) is 11.2. The number of benzene rings is 1. The number of aromatic nitrogens is 2. The first-order valence-electron chi connectivity index (χ1n) is 7.70. The van der Waals surface area contributed by atoms with Crippen LogP contribution in [0.25, 0.3) is 22.1 Å². The van der Waals surface area contributed by atoms with Gasteiger partial charge in [0.2, 0.25) is 5.95 Å². The van der Waals surface area contributed by atoms with Crippen molar-refractivity contribution in [2.24, 2.45) is 5.73 Å². The van der Waals surface area contributed by atoms with E-state index in [4.69, 9.17) is 20.6 Å². The summed E-state index contributed by atoms with van der Waals surface area (Å²) >= 11 is 0. The Labute approximate surface area is 133 Å². The number of rotatable bonds is 2. The van der Waals surface area contributed by atoms with Gasteiger partial charge in [-0.1, -0.05) is 6.07 Å². The van der Waals surface area contributed by atoms with Crippen molar-refractivity contribution in [1.82, 2.24) is 9.97 Å². The maximum absolute atomic E-state index is 6.10. The molecule has 2 aromatic heterocycles. The number of methoxy groups -OCH3 is 1. The summed E-state index contributed by atoms with van der Waals surface area (Å²) in [6.45, 7) is 1.62. The van der Waals surface area contributed by atoms with Crippen LogP contribution in [-0.2, 0) is 0 Å². The molecule has 3 aromatic rings. The van der Waals surface area contributed by atoms with Gasteiger partial charge in [0.25, 0.3) is 0 Å². The fourth-order valence-corrected chi connectivity index (χ4v) is 3.25. The van der Waals surface area contributed by atoms with Gasteiger partial charge in [-0.2, -0.15) is 4.98 Å². The summed E-state index contributed by atoms with van der Waals surface area (Å²) in [4.78, 5) is 10.9. The van der Waals surface area contributed by atoms with E-state index in [2.05, 4.69) is 14.9 Å². The zero-order valence-electron chi connectivity index (χ0n) is 13.0. The lowest BCUT2D eigenvalue weighted by Crippen LogP contribution is -2.43. The van der Waals surface area contributed by atoms with Crippen LogP contribution in [0.15, 0.2) is 22.6 Å². The van der Waals surface area contributed by atoms with Crippen LogP contribution in [0.5, 0.6) is 5.75 Å².